The van der Waals surface area contributed by atoms with Crippen LogP contribution in [-0.4, -0.2) is 11.4 Å². The quantitative estimate of drug-likeness (QED) is 0.745. The van der Waals surface area contributed by atoms with E-state index in [4.69, 9.17) is 0 Å². The van der Waals surface area contributed by atoms with E-state index in [-0.39, 0.29) is 11.4 Å². The molecule has 0 heterocycles. The number of amides is 1. The van der Waals surface area contributed by atoms with Crippen LogP contribution in [0.4, 0.5) is 5.69 Å². The summed E-state index contributed by atoms with van der Waals surface area (Å²) in [5.41, 5.74) is 1.47. The maximum atomic E-state index is 12.7. The number of rotatable bonds is 4. The Morgan fingerprint density at radius 2 is 1.59 bits per heavy atom. The maximum absolute atomic E-state index is 12.7. The molecule has 1 unspecified atom stereocenters. The summed E-state index contributed by atoms with van der Waals surface area (Å²) in [4.78, 5) is 13.5. The van der Waals surface area contributed by atoms with Gasteiger partial charge in [-0.05, 0) is 38.5 Å². The molecule has 0 aromatic heterocycles. The highest BCUT2D eigenvalue weighted by Gasteiger charge is 2.24. The molecule has 0 spiro atoms. The molecule has 0 fully saturated rings. The number of carbonyl (C=O) groups excluding carboxylic acids is 1. The Balaban J connectivity index is 2.30. The minimum atomic E-state index is -0.464. The molecular formula is C18H22N2OS. The van der Waals surface area contributed by atoms with Crippen molar-refractivity contribution in [2.45, 2.75) is 37.2 Å². The topological polar surface area (TPSA) is 41.1 Å². The zero-order valence-corrected chi connectivity index (χ0v) is 14.0. The molecular weight excluding hydrogens is 292 g/mol. The second kappa shape index (κ2) is 6.88. The van der Waals surface area contributed by atoms with Gasteiger partial charge in [-0.2, -0.15) is 0 Å². The predicted molar refractivity (Wildman–Crippen MR) is 94.4 cm³/mol. The van der Waals surface area contributed by atoms with Gasteiger partial charge in [0.25, 0.3) is 0 Å². The first-order valence-corrected chi connectivity index (χ1v) is 7.73. The normalized spacial score (nSPS) is 12.5. The monoisotopic (exact) mass is 314 g/mol. The standard InChI is InChI=1S/C18H22N2OS/c1-18(2,3)20-17(21)16(13-9-5-4-6-10-13)19-14-11-7-8-12-15(14)22/h4-12,16,19,22H,1-3H3,(H,20,21). The lowest BCUT2D eigenvalue weighted by Crippen LogP contribution is -2.44. The van der Waals surface area contributed by atoms with Crippen LogP contribution >= 0.6 is 12.6 Å². The summed E-state index contributed by atoms with van der Waals surface area (Å²) in [5, 5.41) is 6.33. The summed E-state index contributed by atoms with van der Waals surface area (Å²) >= 11 is 4.45. The molecule has 2 N–H and O–H groups in total. The molecule has 0 saturated carbocycles. The second-order valence-corrected chi connectivity index (χ2v) is 6.73. The van der Waals surface area contributed by atoms with Crippen molar-refractivity contribution in [3.63, 3.8) is 0 Å². The van der Waals surface area contributed by atoms with Gasteiger partial charge in [0.05, 0.1) is 0 Å². The first-order valence-electron chi connectivity index (χ1n) is 7.28. The molecule has 2 aromatic rings. The number of carbonyl (C=O) groups is 1. The van der Waals surface area contributed by atoms with E-state index in [0.29, 0.717) is 0 Å². The van der Waals surface area contributed by atoms with Crippen LogP contribution in [0.2, 0.25) is 0 Å². The lowest BCUT2D eigenvalue weighted by Gasteiger charge is -2.26. The number of benzene rings is 2. The Hall–Kier alpha value is -1.94. The van der Waals surface area contributed by atoms with Crippen molar-refractivity contribution in [3.05, 3.63) is 60.2 Å². The molecule has 22 heavy (non-hydrogen) atoms. The van der Waals surface area contributed by atoms with E-state index in [1.54, 1.807) is 0 Å². The van der Waals surface area contributed by atoms with E-state index in [1.807, 2.05) is 75.4 Å². The van der Waals surface area contributed by atoms with Crippen LogP contribution in [0.15, 0.2) is 59.5 Å². The average Bonchev–Trinajstić information content (AvgIpc) is 2.45. The SMILES string of the molecule is CC(C)(C)NC(=O)C(Nc1ccccc1S)c1ccccc1. The number of hydrogen-bond acceptors (Lipinski definition) is 3. The smallest absolute Gasteiger partial charge is 0.247 e. The van der Waals surface area contributed by atoms with Crippen LogP contribution < -0.4 is 10.6 Å². The fourth-order valence-corrected chi connectivity index (χ4v) is 2.36. The molecule has 0 aliphatic carbocycles. The molecule has 3 nitrogen and oxygen atoms in total. The van der Waals surface area contributed by atoms with Gasteiger partial charge in [-0.3, -0.25) is 4.79 Å². The Kier molecular flexibility index (Phi) is 5.14. The van der Waals surface area contributed by atoms with Crippen LogP contribution in [0.25, 0.3) is 0 Å². The van der Waals surface area contributed by atoms with Gasteiger partial charge in [0.1, 0.15) is 6.04 Å². The zero-order chi connectivity index (χ0) is 16.2. The summed E-state index contributed by atoms with van der Waals surface area (Å²) in [6, 6.07) is 16.9. The third-order valence-electron chi connectivity index (χ3n) is 3.10. The van der Waals surface area contributed by atoms with Crippen LogP contribution in [0.5, 0.6) is 0 Å². The van der Waals surface area contributed by atoms with Gasteiger partial charge in [-0.1, -0.05) is 42.5 Å². The van der Waals surface area contributed by atoms with Crippen molar-refractivity contribution in [1.82, 2.24) is 5.32 Å². The van der Waals surface area contributed by atoms with Gasteiger partial charge < -0.3 is 10.6 Å². The van der Waals surface area contributed by atoms with Crippen molar-refractivity contribution in [3.8, 4) is 0 Å². The van der Waals surface area contributed by atoms with E-state index >= 15 is 0 Å². The van der Waals surface area contributed by atoms with Gasteiger partial charge in [-0.15, -0.1) is 12.6 Å². The lowest BCUT2D eigenvalue weighted by atomic mass is 10.0. The van der Waals surface area contributed by atoms with Gasteiger partial charge in [0.2, 0.25) is 5.91 Å². The zero-order valence-electron chi connectivity index (χ0n) is 13.1. The number of thiol groups is 1. The van der Waals surface area contributed by atoms with Crippen LogP contribution in [-0.2, 0) is 4.79 Å². The Bertz CT molecular complexity index is 635. The Morgan fingerprint density at radius 1 is 1.00 bits per heavy atom. The number of hydrogen-bond donors (Lipinski definition) is 3. The molecule has 1 amide bonds. The molecule has 0 bridgehead atoms. The highest BCUT2D eigenvalue weighted by molar-refractivity contribution is 7.80. The largest absolute Gasteiger partial charge is 0.369 e. The molecule has 0 aliphatic rings. The third kappa shape index (κ3) is 4.53. The number of nitrogens with one attached hydrogen (secondary N) is 2. The number of anilines is 1. The fourth-order valence-electron chi connectivity index (χ4n) is 2.14. The molecule has 0 aliphatic heterocycles. The van der Waals surface area contributed by atoms with Crippen molar-refractivity contribution in [1.29, 1.82) is 0 Å². The first kappa shape index (κ1) is 16.4. The van der Waals surface area contributed by atoms with Crippen molar-refractivity contribution >= 4 is 24.2 Å². The summed E-state index contributed by atoms with van der Waals surface area (Å²) in [6.07, 6.45) is 0. The van der Waals surface area contributed by atoms with Gasteiger partial charge >= 0.3 is 0 Å². The third-order valence-corrected chi connectivity index (χ3v) is 3.49. The average molecular weight is 314 g/mol. The predicted octanol–water partition coefficient (Wildman–Crippen LogP) is 4.04. The van der Waals surface area contributed by atoms with Crippen LogP contribution in [0.1, 0.15) is 32.4 Å². The Morgan fingerprint density at radius 3 is 2.18 bits per heavy atom. The molecule has 4 heteroatoms. The van der Waals surface area contributed by atoms with E-state index < -0.39 is 6.04 Å². The van der Waals surface area contributed by atoms with E-state index in [1.165, 1.54) is 0 Å². The molecule has 0 saturated heterocycles. The summed E-state index contributed by atoms with van der Waals surface area (Å²) in [6.45, 7) is 5.92. The maximum Gasteiger partial charge on any atom is 0.247 e. The molecule has 2 rings (SSSR count). The molecule has 1 atom stereocenters. The van der Waals surface area contributed by atoms with Gasteiger partial charge in [0.15, 0.2) is 0 Å². The summed E-state index contributed by atoms with van der Waals surface area (Å²) < 4.78 is 0. The fraction of sp³-hybridized carbons (Fsp3) is 0.278. The first-order chi connectivity index (χ1) is 10.4. The van der Waals surface area contributed by atoms with Crippen LogP contribution in [0, 0.1) is 0 Å². The van der Waals surface area contributed by atoms with Gasteiger partial charge in [-0.25, -0.2) is 0 Å². The molecule has 2 aromatic carbocycles. The highest BCUT2D eigenvalue weighted by Crippen LogP contribution is 2.25. The lowest BCUT2D eigenvalue weighted by molar-refractivity contribution is -0.123. The number of para-hydroxylation sites is 1. The minimum Gasteiger partial charge on any atom is -0.369 e. The summed E-state index contributed by atoms with van der Waals surface area (Å²) in [7, 11) is 0. The second-order valence-electron chi connectivity index (χ2n) is 6.24. The summed E-state index contributed by atoms with van der Waals surface area (Å²) in [5.74, 6) is -0.0599. The van der Waals surface area contributed by atoms with Gasteiger partial charge in [0, 0.05) is 16.1 Å². The minimum absolute atomic E-state index is 0.0599. The van der Waals surface area contributed by atoms with E-state index in [2.05, 4.69) is 23.3 Å². The van der Waals surface area contributed by atoms with Crippen molar-refractivity contribution < 1.29 is 4.79 Å². The van der Waals surface area contributed by atoms with Crippen LogP contribution in [0.3, 0.4) is 0 Å². The molecule has 0 radical (unpaired) electrons. The van der Waals surface area contributed by atoms with Crippen molar-refractivity contribution in [2.75, 3.05) is 5.32 Å². The molecule has 116 valence electrons. The van der Waals surface area contributed by atoms with E-state index in [9.17, 15) is 4.79 Å². The Labute approximate surface area is 137 Å². The van der Waals surface area contributed by atoms with Crippen molar-refractivity contribution in [2.24, 2.45) is 0 Å². The van der Waals surface area contributed by atoms with E-state index in [0.717, 1.165) is 16.1 Å². The highest BCUT2D eigenvalue weighted by atomic mass is 32.1.